The summed E-state index contributed by atoms with van der Waals surface area (Å²) in [7, 11) is 0. The quantitative estimate of drug-likeness (QED) is 0.152. The van der Waals surface area contributed by atoms with E-state index in [1.165, 1.54) is 0 Å². The van der Waals surface area contributed by atoms with Crippen LogP contribution in [0.3, 0.4) is 0 Å². The maximum atomic E-state index is 14.1. The van der Waals surface area contributed by atoms with Crippen LogP contribution in [0.1, 0.15) is 0 Å². The van der Waals surface area contributed by atoms with Crippen LogP contribution in [0.25, 0.3) is 0 Å². The summed E-state index contributed by atoms with van der Waals surface area (Å²) in [5.74, 6) is -0.679. The van der Waals surface area contributed by atoms with Gasteiger partial charge in [-0.05, 0) is 0 Å². The molecule has 0 atom stereocenters. The third-order valence-electron chi connectivity index (χ3n) is 6.58. The average molecular weight is 613 g/mol. The molecule has 0 spiro atoms. The number of rotatable bonds is 8. The van der Waals surface area contributed by atoms with Crippen LogP contribution < -0.4 is 19.1 Å². The van der Waals surface area contributed by atoms with E-state index in [0.717, 1.165) is 32.2 Å². The van der Waals surface area contributed by atoms with Crippen LogP contribution in [0.15, 0.2) is 140 Å². The van der Waals surface area contributed by atoms with E-state index in [2.05, 4.69) is 0 Å². The minimum absolute atomic E-state index is 0.191. The average Bonchev–Trinajstić information content (AvgIpc) is 2.98. The van der Waals surface area contributed by atoms with Crippen LogP contribution in [0.4, 0.5) is 11.4 Å². The van der Waals surface area contributed by atoms with Crippen molar-refractivity contribution in [3.8, 4) is 5.75 Å². The van der Waals surface area contributed by atoms with E-state index in [4.69, 9.17) is 3.12 Å². The molecule has 5 rings (SSSR count). The Balaban J connectivity index is 1.95. The van der Waals surface area contributed by atoms with Crippen molar-refractivity contribution in [2.75, 3.05) is 0 Å². The second kappa shape index (κ2) is 10.1. The van der Waals surface area contributed by atoms with Crippen molar-refractivity contribution >= 4 is 43.2 Å². The van der Waals surface area contributed by atoms with Crippen LogP contribution in [0, 0.1) is 15.0 Å². The summed E-state index contributed by atoms with van der Waals surface area (Å²) >= 11 is -5.61. The third-order valence-corrected chi connectivity index (χ3v) is 22.6. The zero-order valence-electron chi connectivity index (χ0n) is 20.2. The van der Waals surface area contributed by atoms with Crippen molar-refractivity contribution in [3.05, 3.63) is 155 Å². The van der Waals surface area contributed by atoms with Gasteiger partial charge in [-0.25, -0.2) is 0 Å². The van der Waals surface area contributed by atoms with Crippen molar-refractivity contribution in [1.29, 1.82) is 0 Å². The second-order valence-electron chi connectivity index (χ2n) is 8.63. The van der Waals surface area contributed by atoms with Crippen molar-refractivity contribution in [3.63, 3.8) is 0 Å². The standard InChI is InChI=1S/C6H4N2O5.4C6H5.Sb/c9-6-2-1-4(7(10)11)3-5(6)8(12)13;4*1-2-4-6-5-3-1;/h1-3,9H;4*1-5H;/q;;;;;+1/p-1. The first-order valence-corrected chi connectivity index (χ1v) is 18.0. The molecular formula is C30H23N2O5Sb. The molecule has 8 heteroatoms. The number of nitro benzene ring substituents is 1. The van der Waals surface area contributed by atoms with E-state index in [-0.39, 0.29) is 10.6 Å². The Morgan fingerprint density at radius 2 is 0.921 bits per heavy atom. The van der Waals surface area contributed by atoms with Gasteiger partial charge < -0.3 is 0 Å². The monoisotopic (exact) mass is 612 g/mol. The molecule has 0 aliphatic heterocycles. The fourth-order valence-corrected chi connectivity index (χ4v) is 20.6. The molecule has 5 aromatic rings. The summed E-state index contributed by atoms with van der Waals surface area (Å²) < 4.78 is 10.0. The Labute approximate surface area is 220 Å². The summed E-state index contributed by atoms with van der Waals surface area (Å²) in [5, 5.41) is 24.3. The first-order valence-electron chi connectivity index (χ1n) is 11.8. The molecule has 0 heterocycles. The van der Waals surface area contributed by atoms with Gasteiger partial charge in [-0.1, -0.05) is 0 Å². The third kappa shape index (κ3) is 3.92. The van der Waals surface area contributed by atoms with Gasteiger partial charge >= 0.3 is 222 Å². The molecule has 0 saturated carbocycles. The minimum atomic E-state index is -5.61. The predicted molar refractivity (Wildman–Crippen MR) is 147 cm³/mol. The van der Waals surface area contributed by atoms with Crippen LogP contribution in [-0.2, 0) is 3.12 Å². The maximum absolute atomic E-state index is 14.1. The molecule has 0 aliphatic rings. The molecule has 0 bridgehead atoms. The number of hydrogen-bond donors (Lipinski definition) is 0. The Morgan fingerprint density at radius 1 is 0.553 bits per heavy atom. The van der Waals surface area contributed by atoms with E-state index >= 15 is 0 Å². The van der Waals surface area contributed by atoms with Crippen LogP contribution in [0.2, 0.25) is 0 Å². The Bertz CT molecular complexity index is 1430. The summed E-state index contributed by atoms with van der Waals surface area (Å²) in [5.41, 5.74) is -0.840. The van der Waals surface area contributed by atoms with Gasteiger partial charge in [-0.3, -0.25) is 0 Å². The van der Waals surface area contributed by atoms with Crippen molar-refractivity contribution < 1.29 is 18.1 Å². The van der Waals surface area contributed by atoms with E-state index in [1.54, 1.807) is 0 Å². The molecule has 0 aromatic heterocycles. The van der Waals surface area contributed by atoms with Gasteiger partial charge in [-0.2, -0.15) is 0 Å². The van der Waals surface area contributed by atoms with Crippen molar-refractivity contribution in [2.45, 2.75) is 0 Å². The molecule has 5 aromatic carbocycles. The number of hydrogen-bond acceptors (Lipinski definition) is 5. The zero-order chi connectivity index (χ0) is 26.6. The fourth-order valence-electron chi connectivity index (χ4n) is 4.89. The molecule has 0 unspecified atom stereocenters. The summed E-state index contributed by atoms with van der Waals surface area (Å²) in [6, 6.07) is 41.2. The van der Waals surface area contributed by atoms with Gasteiger partial charge in [0.25, 0.3) is 0 Å². The molecule has 0 amide bonds. The fraction of sp³-hybridized carbons (Fsp3) is 0. The van der Waals surface area contributed by atoms with Gasteiger partial charge in [0.2, 0.25) is 0 Å². The van der Waals surface area contributed by atoms with Crippen molar-refractivity contribution in [1.82, 2.24) is 0 Å². The summed E-state index contributed by atoms with van der Waals surface area (Å²) in [4.78, 5) is 25.1. The number of nitrogens with zero attached hydrogens (tertiary/aromatic N) is 2. The molecule has 0 N–H and O–H groups in total. The van der Waals surface area contributed by atoms with E-state index < -0.39 is 34.2 Å². The normalized spacial score (nSPS) is 12.2. The zero-order valence-corrected chi connectivity index (χ0v) is 22.7. The second-order valence-corrected chi connectivity index (χ2v) is 20.9. The Morgan fingerprint density at radius 3 is 1.26 bits per heavy atom. The summed E-state index contributed by atoms with van der Waals surface area (Å²) in [6.07, 6.45) is 0. The molecular weight excluding hydrogens is 590 g/mol. The van der Waals surface area contributed by atoms with Crippen molar-refractivity contribution in [2.24, 2.45) is 0 Å². The van der Waals surface area contributed by atoms with Gasteiger partial charge in [-0.15, -0.1) is 0 Å². The number of non-ortho nitro benzene ring substituents is 1. The summed E-state index contributed by atoms with van der Waals surface area (Å²) in [6.45, 7) is 0. The molecule has 0 fully saturated rings. The van der Waals surface area contributed by atoms with E-state index in [1.807, 2.05) is 121 Å². The Kier molecular flexibility index (Phi) is 6.70. The molecule has 188 valence electrons. The molecule has 0 aliphatic carbocycles. The first-order chi connectivity index (χ1) is 18.5. The van der Waals surface area contributed by atoms with Gasteiger partial charge in [0.15, 0.2) is 0 Å². The Hall–Kier alpha value is -4.48. The van der Waals surface area contributed by atoms with Gasteiger partial charge in [0, 0.05) is 0 Å². The van der Waals surface area contributed by atoms with E-state index in [9.17, 15) is 20.1 Å². The first kappa shape index (κ1) is 25.2. The number of nitro groups is 1. The van der Waals surface area contributed by atoms with Gasteiger partial charge in [0.1, 0.15) is 0 Å². The van der Waals surface area contributed by atoms with Crippen LogP contribution in [-0.4, -0.2) is 27.7 Å². The number of benzene rings is 5. The topological polar surface area (TPSA) is 95.5 Å². The molecule has 0 radical (unpaired) electrons. The van der Waals surface area contributed by atoms with Crippen LogP contribution in [0.5, 0.6) is 5.75 Å². The molecule has 7 nitrogen and oxygen atoms in total. The predicted octanol–water partition coefficient (Wildman–Crippen LogP) is 3.54. The molecule has 0 saturated heterocycles. The van der Waals surface area contributed by atoms with Gasteiger partial charge in [0.05, 0.1) is 0 Å². The SMILES string of the molecule is O=[N+]([O-])c1ccc([O-])c([N+](=O)[O][Sb]([c]2ccccc2)([c]2ccccc2)([c]2ccccc2)[c]2ccccc2)c1. The van der Waals surface area contributed by atoms with Crippen LogP contribution >= 0.6 is 0 Å². The van der Waals surface area contributed by atoms with E-state index in [0.29, 0.717) is 0 Å². The molecule has 38 heavy (non-hydrogen) atoms.